The van der Waals surface area contributed by atoms with Gasteiger partial charge in [-0.05, 0) is 30.5 Å². The van der Waals surface area contributed by atoms with Crippen molar-refractivity contribution in [1.82, 2.24) is 1.33 Å². The first-order valence-corrected chi connectivity index (χ1v) is 8.66. The lowest BCUT2D eigenvalue weighted by Gasteiger charge is -2.09. The summed E-state index contributed by atoms with van der Waals surface area (Å²) in [6, 6.07) is 5.99. The molecule has 110 valence electrons. The van der Waals surface area contributed by atoms with E-state index in [0.717, 1.165) is 17.5 Å². The van der Waals surface area contributed by atoms with Gasteiger partial charge in [0.05, 0.1) is 45.7 Å². The van der Waals surface area contributed by atoms with Crippen LogP contribution in [-0.2, 0) is 6.42 Å². The molecule has 1 aromatic carbocycles. The van der Waals surface area contributed by atoms with Crippen LogP contribution in [0.2, 0.25) is 0 Å². The summed E-state index contributed by atoms with van der Waals surface area (Å²) in [4.78, 5) is 11.7. The number of rotatable bonds is 2. The molecule has 0 radical (unpaired) electrons. The summed E-state index contributed by atoms with van der Waals surface area (Å²) >= 11 is 3.95. The normalized spacial score (nSPS) is 8.63. The van der Waals surface area contributed by atoms with E-state index in [1.54, 1.807) is 1.33 Å². The average Bonchev–Trinajstić information content (AvgIpc) is 2.41. The molecule has 0 heterocycles. The quantitative estimate of drug-likeness (QED) is 0.361. The van der Waals surface area contributed by atoms with E-state index in [1.165, 1.54) is 12.0 Å². The fraction of sp³-hybridized carbons (Fsp3) is 0.533. The lowest BCUT2D eigenvalue weighted by atomic mass is 10.0. The van der Waals surface area contributed by atoms with Crippen molar-refractivity contribution < 1.29 is 4.79 Å². The van der Waals surface area contributed by atoms with Gasteiger partial charge in [-0.1, -0.05) is 53.2 Å². The molecule has 0 aromatic heterocycles. The number of carbonyl (C=O) groups excluding carboxylic acids is 1. The molecule has 4 heteroatoms. The van der Waals surface area contributed by atoms with Crippen molar-refractivity contribution in [3.05, 3.63) is 34.9 Å². The Morgan fingerprint density at radius 3 is 1.95 bits per heavy atom. The van der Waals surface area contributed by atoms with Crippen LogP contribution in [0.25, 0.3) is 0 Å². The van der Waals surface area contributed by atoms with E-state index in [9.17, 15) is 4.79 Å². The lowest BCUT2D eigenvalue weighted by Crippen LogP contribution is -2.11. The maximum atomic E-state index is 11.7. The number of benzene rings is 1. The average molecular weight is 489 g/mol. The zero-order valence-corrected chi connectivity index (χ0v) is 17.1. The van der Waals surface area contributed by atoms with Crippen molar-refractivity contribution >= 4 is 51.6 Å². The van der Waals surface area contributed by atoms with Gasteiger partial charge in [-0.25, -0.2) is 1.33 Å². The molecule has 0 aliphatic carbocycles. The van der Waals surface area contributed by atoms with Crippen molar-refractivity contribution in [1.29, 1.82) is 0 Å². The summed E-state index contributed by atoms with van der Waals surface area (Å²) in [6.45, 7) is 12.3. The van der Waals surface area contributed by atoms with Gasteiger partial charge >= 0.3 is 0 Å². The molecule has 1 aromatic rings. The Kier molecular flexibility index (Phi) is 14.8. The van der Waals surface area contributed by atoms with Gasteiger partial charge in [-0.3, -0.25) is 4.79 Å². The number of nitrogens with zero attached hydrogens (tertiary/aromatic N) is 1. The van der Waals surface area contributed by atoms with Crippen LogP contribution in [0.3, 0.4) is 0 Å². The van der Waals surface area contributed by atoms with Crippen LogP contribution in [0.5, 0.6) is 0 Å². The smallest absolute Gasteiger partial charge is 0.267 e. The van der Waals surface area contributed by atoms with E-state index in [0.29, 0.717) is 0 Å². The number of amides is 1. The molecule has 0 saturated heterocycles. The summed E-state index contributed by atoms with van der Waals surface area (Å²) < 4.78 is 1.55. The Bertz CT molecular complexity index is 365. The standard InChI is InChI=1S/C10H11I2NO.C3H8.C2H6/c1-3-8-4-5-9(7(2)6-8)10(14)13(11)12;1-3-2;1-2/h4-6H,3H2,1-2H3;3H2,1-2H3;1-2H3. The third-order valence-electron chi connectivity index (χ3n) is 2.08. The lowest BCUT2D eigenvalue weighted by molar-refractivity contribution is 0.0951. The maximum absolute atomic E-state index is 11.7. The molecule has 0 saturated carbocycles. The summed E-state index contributed by atoms with van der Waals surface area (Å²) in [6.07, 6.45) is 2.26. The van der Waals surface area contributed by atoms with Crippen molar-refractivity contribution in [2.24, 2.45) is 0 Å². The highest BCUT2D eigenvalue weighted by Crippen LogP contribution is 2.18. The highest BCUT2D eigenvalue weighted by molar-refractivity contribution is 14.2. The van der Waals surface area contributed by atoms with E-state index < -0.39 is 0 Å². The second-order valence-corrected chi connectivity index (χ2v) is 7.52. The Hall–Kier alpha value is 0.150. The van der Waals surface area contributed by atoms with Crippen LogP contribution >= 0.6 is 45.7 Å². The fourth-order valence-corrected chi connectivity index (χ4v) is 1.80. The molecule has 0 spiro atoms. The first-order valence-electron chi connectivity index (χ1n) is 6.73. The predicted octanol–water partition coefficient (Wildman–Crippen LogP) is 6.14. The third-order valence-corrected chi connectivity index (χ3v) is 2.96. The largest absolute Gasteiger partial charge is 0.271 e. The van der Waals surface area contributed by atoms with Crippen LogP contribution in [0.4, 0.5) is 0 Å². The molecule has 0 aliphatic rings. The van der Waals surface area contributed by atoms with Crippen molar-refractivity contribution in [2.45, 2.75) is 54.4 Å². The predicted molar refractivity (Wildman–Crippen MR) is 102 cm³/mol. The number of halogens is 2. The molecule has 0 unspecified atom stereocenters. The van der Waals surface area contributed by atoms with Gasteiger partial charge in [0.25, 0.3) is 5.91 Å². The number of hydrogen-bond donors (Lipinski definition) is 0. The van der Waals surface area contributed by atoms with E-state index in [-0.39, 0.29) is 5.91 Å². The van der Waals surface area contributed by atoms with Gasteiger partial charge in [-0.2, -0.15) is 0 Å². The highest BCUT2D eigenvalue weighted by Gasteiger charge is 2.12. The zero-order valence-electron chi connectivity index (χ0n) is 12.8. The Labute approximate surface area is 146 Å². The Morgan fingerprint density at radius 2 is 1.63 bits per heavy atom. The summed E-state index contributed by atoms with van der Waals surface area (Å²) in [5.41, 5.74) is 3.10. The molecule has 2 nitrogen and oxygen atoms in total. The summed E-state index contributed by atoms with van der Waals surface area (Å²) in [5, 5.41) is 0. The van der Waals surface area contributed by atoms with Crippen LogP contribution in [0.1, 0.15) is 62.5 Å². The molecule has 0 fully saturated rings. The molecular formula is C15H25I2NO. The highest BCUT2D eigenvalue weighted by atomic mass is 127. The van der Waals surface area contributed by atoms with Crippen LogP contribution in [-0.4, -0.2) is 7.23 Å². The van der Waals surface area contributed by atoms with Gasteiger partial charge in [0.2, 0.25) is 0 Å². The topological polar surface area (TPSA) is 20.3 Å². The minimum absolute atomic E-state index is 0.0475. The molecule has 0 atom stereocenters. The van der Waals surface area contributed by atoms with Crippen LogP contribution < -0.4 is 0 Å². The molecule has 19 heavy (non-hydrogen) atoms. The number of carbonyl (C=O) groups is 1. The van der Waals surface area contributed by atoms with Crippen molar-refractivity contribution in [3.63, 3.8) is 0 Å². The monoisotopic (exact) mass is 489 g/mol. The second-order valence-electron chi connectivity index (χ2n) is 3.75. The molecule has 0 N–H and O–H groups in total. The number of aryl methyl sites for hydroxylation is 2. The minimum atomic E-state index is 0.0475. The molecule has 1 rings (SSSR count). The van der Waals surface area contributed by atoms with E-state index in [1.807, 2.05) is 78.6 Å². The van der Waals surface area contributed by atoms with Gasteiger partial charge in [0, 0.05) is 5.56 Å². The van der Waals surface area contributed by atoms with Gasteiger partial charge < -0.3 is 0 Å². The SMILES string of the molecule is CC.CCC.CCc1ccc(C(=O)N(I)I)c(C)c1. The molecule has 0 bridgehead atoms. The fourth-order valence-electron chi connectivity index (χ4n) is 1.28. The van der Waals surface area contributed by atoms with E-state index in [4.69, 9.17) is 0 Å². The van der Waals surface area contributed by atoms with E-state index in [2.05, 4.69) is 26.8 Å². The first kappa shape index (κ1) is 21.4. The summed E-state index contributed by atoms with van der Waals surface area (Å²) in [7, 11) is 0. The van der Waals surface area contributed by atoms with Crippen molar-refractivity contribution in [2.75, 3.05) is 0 Å². The van der Waals surface area contributed by atoms with E-state index >= 15 is 0 Å². The molecule has 0 aliphatic heterocycles. The van der Waals surface area contributed by atoms with Crippen LogP contribution in [0, 0.1) is 6.92 Å². The van der Waals surface area contributed by atoms with Gasteiger partial charge in [0.1, 0.15) is 0 Å². The minimum Gasteiger partial charge on any atom is -0.267 e. The Balaban J connectivity index is 0. The van der Waals surface area contributed by atoms with Crippen molar-refractivity contribution in [3.8, 4) is 0 Å². The van der Waals surface area contributed by atoms with Gasteiger partial charge in [0.15, 0.2) is 0 Å². The van der Waals surface area contributed by atoms with Gasteiger partial charge in [-0.15, -0.1) is 0 Å². The second kappa shape index (κ2) is 13.1. The number of hydrogen-bond acceptors (Lipinski definition) is 1. The maximum Gasteiger partial charge on any atom is 0.271 e. The first-order chi connectivity index (χ1) is 8.97. The third kappa shape index (κ3) is 8.83. The zero-order chi connectivity index (χ0) is 15.4. The molecular weight excluding hydrogens is 464 g/mol. The Morgan fingerprint density at radius 1 is 1.16 bits per heavy atom. The van der Waals surface area contributed by atoms with Crippen LogP contribution in [0.15, 0.2) is 18.2 Å². The molecule has 1 amide bonds. The summed E-state index contributed by atoms with van der Waals surface area (Å²) in [5.74, 6) is 0.0475.